The first-order valence-electron chi connectivity index (χ1n) is 7.43. The van der Waals surface area contributed by atoms with Crippen molar-refractivity contribution in [1.29, 1.82) is 0 Å². The van der Waals surface area contributed by atoms with Gasteiger partial charge in [0, 0.05) is 12.1 Å². The van der Waals surface area contributed by atoms with Crippen LogP contribution in [0.15, 0.2) is 24.3 Å². The monoisotopic (exact) mass is 310 g/mol. The lowest BCUT2D eigenvalue weighted by Crippen LogP contribution is -2.49. The van der Waals surface area contributed by atoms with E-state index in [4.69, 9.17) is 16.3 Å². The van der Waals surface area contributed by atoms with E-state index in [2.05, 4.69) is 12.2 Å². The van der Waals surface area contributed by atoms with Crippen molar-refractivity contribution in [2.75, 3.05) is 26.7 Å². The Balaban J connectivity index is 1.74. The molecule has 1 amide bonds. The highest BCUT2D eigenvalue weighted by Gasteiger charge is 2.26. The van der Waals surface area contributed by atoms with Gasteiger partial charge < -0.3 is 15.0 Å². The van der Waals surface area contributed by atoms with Crippen LogP contribution < -0.4 is 10.1 Å². The molecule has 1 saturated heterocycles. The minimum absolute atomic E-state index is 0.0470. The molecule has 1 heterocycles. The normalized spacial score (nSPS) is 21.9. The standard InChI is InChI=1S/C16H23ClN2O2/c1-12-7-8-18-15(11-12)16(20)19(2)9-10-21-14-5-3-13(17)4-6-14/h3-6,12,15,18H,7-11H2,1-2H3. The quantitative estimate of drug-likeness (QED) is 0.909. The van der Waals surface area contributed by atoms with Crippen molar-refractivity contribution in [1.82, 2.24) is 10.2 Å². The fourth-order valence-corrected chi connectivity index (χ4v) is 2.63. The van der Waals surface area contributed by atoms with Crippen LogP contribution in [0.1, 0.15) is 19.8 Å². The SMILES string of the molecule is CC1CCNC(C(=O)N(C)CCOc2ccc(Cl)cc2)C1. The minimum atomic E-state index is -0.0470. The average molecular weight is 311 g/mol. The van der Waals surface area contributed by atoms with Gasteiger partial charge in [-0.15, -0.1) is 0 Å². The molecule has 0 spiro atoms. The molecule has 2 unspecified atom stereocenters. The van der Waals surface area contributed by atoms with Crippen LogP contribution in [0.5, 0.6) is 5.75 Å². The molecule has 1 N–H and O–H groups in total. The van der Waals surface area contributed by atoms with Gasteiger partial charge in [-0.05, 0) is 49.6 Å². The van der Waals surface area contributed by atoms with Gasteiger partial charge in [-0.2, -0.15) is 0 Å². The summed E-state index contributed by atoms with van der Waals surface area (Å²) in [4.78, 5) is 14.1. The Morgan fingerprint density at radius 3 is 2.81 bits per heavy atom. The van der Waals surface area contributed by atoms with E-state index in [1.807, 2.05) is 19.2 Å². The Morgan fingerprint density at radius 1 is 1.43 bits per heavy atom. The molecule has 116 valence electrons. The Kier molecular flexibility index (Phi) is 5.88. The summed E-state index contributed by atoms with van der Waals surface area (Å²) >= 11 is 5.82. The van der Waals surface area contributed by atoms with Gasteiger partial charge in [0.25, 0.3) is 0 Å². The number of halogens is 1. The number of rotatable bonds is 5. The van der Waals surface area contributed by atoms with Gasteiger partial charge in [-0.3, -0.25) is 4.79 Å². The lowest BCUT2D eigenvalue weighted by Gasteiger charge is -2.30. The van der Waals surface area contributed by atoms with Gasteiger partial charge in [0.1, 0.15) is 12.4 Å². The van der Waals surface area contributed by atoms with E-state index in [9.17, 15) is 4.79 Å². The van der Waals surface area contributed by atoms with Gasteiger partial charge in [-0.1, -0.05) is 18.5 Å². The first-order chi connectivity index (χ1) is 10.1. The van der Waals surface area contributed by atoms with Crippen LogP contribution in [0.25, 0.3) is 0 Å². The summed E-state index contributed by atoms with van der Waals surface area (Å²) in [6.45, 7) is 4.18. The molecule has 0 bridgehead atoms. The zero-order chi connectivity index (χ0) is 15.2. The average Bonchev–Trinajstić information content (AvgIpc) is 2.48. The van der Waals surface area contributed by atoms with Crippen LogP contribution in [0.4, 0.5) is 0 Å². The summed E-state index contributed by atoms with van der Waals surface area (Å²) in [5.74, 6) is 1.53. The number of benzene rings is 1. The van der Waals surface area contributed by atoms with E-state index in [0.717, 1.165) is 25.1 Å². The van der Waals surface area contributed by atoms with Crippen LogP contribution in [-0.4, -0.2) is 43.6 Å². The lowest BCUT2D eigenvalue weighted by atomic mass is 9.93. The van der Waals surface area contributed by atoms with Crippen LogP contribution in [-0.2, 0) is 4.79 Å². The summed E-state index contributed by atoms with van der Waals surface area (Å²) < 4.78 is 5.62. The highest BCUT2D eigenvalue weighted by Crippen LogP contribution is 2.17. The van der Waals surface area contributed by atoms with Crippen LogP contribution in [0, 0.1) is 5.92 Å². The van der Waals surface area contributed by atoms with E-state index in [-0.39, 0.29) is 11.9 Å². The molecule has 1 fully saturated rings. The molecule has 0 aliphatic carbocycles. The van der Waals surface area contributed by atoms with Gasteiger partial charge in [0.2, 0.25) is 5.91 Å². The Bertz CT molecular complexity index is 464. The van der Waals surface area contributed by atoms with Gasteiger partial charge in [0.05, 0.1) is 12.6 Å². The third-order valence-electron chi connectivity index (χ3n) is 3.85. The van der Waals surface area contributed by atoms with Crippen molar-refractivity contribution >= 4 is 17.5 Å². The second kappa shape index (κ2) is 7.66. The summed E-state index contributed by atoms with van der Waals surface area (Å²) in [6, 6.07) is 7.19. The second-order valence-electron chi connectivity index (χ2n) is 5.70. The number of nitrogens with one attached hydrogen (secondary N) is 1. The van der Waals surface area contributed by atoms with Gasteiger partial charge >= 0.3 is 0 Å². The maximum atomic E-state index is 12.3. The number of carbonyl (C=O) groups is 1. The Hall–Kier alpha value is -1.26. The highest BCUT2D eigenvalue weighted by atomic mass is 35.5. The van der Waals surface area contributed by atoms with Crippen molar-refractivity contribution < 1.29 is 9.53 Å². The molecule has 4 nitrogen and oxygen atoms in total. The predicted octanol–water partition coefficient (Wildman–Crippen LogP) is 2.57. The molecule has 1 aromatic carbocycles. The summed E-state index contributed by atoms with van der Waals surface area (Å²) in [6.07, 6.45) is 2.06. The maximum Gasteiger partial charge on any atom is 0.239 e. The molecule has 5 heteroatoms. The van der Waals surface area contributed by atoms with Crippen molar-refractivity contribution in [3.63, 3.8) is 0 Å². The molecule has 0 radical (unpaired) electrons. The van der Waals surface area contributed by atoms with Gasteiger partial charge in [-0.25, -0.2) is 0 Å². The largest absolute Gasteiger partial charge is 0.492 e. The molecule has 1 aromatic rings. The lowest BCUT2D eigenvalue weighted by molar-refractivity contribution is -0.133. The zero-order valence-electron chi connectivity index (χ0n) is 12.6. The number of carbonyl (C=O) groups excluding carboxylic acids is 1. The number of ether oxygens (including phenoxy) is 1. The highest BCUT2D eigenvalue weighted by molar-refractivity contribution is 6.30. The van der Waals surface area contributed by atoms with E-state index >= 15 is 0 Å². The maximum absolute atomic E-state index is 12.3. The number of piperidine rings is 1. The van der Waals surface area contributed by atoms with Crippen LogP contribution >= 0.6 is 11.6 Å². The molecule has 2 rings (SSSR count). The summed E-state index contributed by atoms with van der Waals surface area (Å²) in [5, 5.41) is 3.98. The fourth-order valence-electron chi connectivity index (χ4n) is 2.50. The molecule has 1 aliphatic heterocycles. The van der Waals surface area contributed by atoms with E-state index in [1.54, 1.807) is 17.0 Å². The van der Waals surface area contributed by atoms with E-state index in [1.165, 1.54) is 0 Å². The smallest absolute Gasteiger partial charge is 0.239 e. The van der Waals surface area contributed by atoms with E-state index < -0.39 is 0 Å². The Labute approximate surface area is 131 Å². The summed E-state index contributed by atoms with van der Waals surface area (Å²) in [5.41, 5.74) is 0. The molecule has 0 aromatic heterocycles. The first kappa shape index (κ1) is 16.1. The topological polar surface area (TPSA) is 41.6 Å². The van der Waals surface area contributed by atoms with Crippen molar-refractivity contribution in [2.24, 2.45) is 5.92 Å². The Morgan fingerprint density at radius 2 is 2.14 bits per heavy atom. The molecular formula is C16H23ClN2O2. The molecular weight excluding hydrogens is 288 g/mol. The number of hydrogen-bond donors (Lipinski definition) is 1. The number of likely N-dealkylation sites (N-methyl/N-ethyl adjacent to an activating group) is 1. The van der Waals surface area contributed by atoms with Crippen molar-refractivity contribution in [3.8, 4) is 5.75 Å². The zero-order valence-corrected chi connectivity index (χ0v) is 13.4. The molecule has 21 heavy (non-hydrogen) atoms. The fraction of sp³-hybridized carbons (Fsp3) is 0.562. The predicted molar refractivity (Wildman–Crippen MR) is 84.8 cm³/mol. The van der Waals surface area contributed by atoms with Crippen LogP contribution in [0.2, 0.25) is 5.02 Å². The van der Waals surface area contributed by atoms with Gasteiger partial charge in [0.15, 0.2) is 0 Å². The first-order valence-corrected chi connectivity index (χ1v) is 7.81. The number of hydrogen-bond acceptors (Lipinski definition) is 3. The third-order valence-corrected chi connectivity index (χ3v) is 4.10. The third kappa shape index (κ3) is 4.90. The number of nitrogens with zero attached hydrogens (tertiary/aromatic N) is 1. The van der Waals surface area contributed by atoms with E-state index in [0.29, 0.717) is 24.1 Å². The summed E-state index contributed by atoms with van der Waals surface area (Å²) in [7, 11) is 1.83. The molecule has 0 saturated carbocycles. The van der Waals surface area contributed by atoms with Crippen molar-refractivity contribution in [2.45, 2.75) is 25.8 Å². The minimum Gasteiger partial charge on any atom is -0.492 e. The molecule has 1 aliphatic rings. The molecule has 2 atom stereocenters. The second-order valence-corrected chi connectivity index (χ2v) is 6.13. The number of amides is 1. The van der Waals surface area contributed by atoms with Crippen molar-refractivity contribution in [3.05, 3.63) is 29.3 Å². The van der Waals surface area contributed by atoms with Crippen LogP contribution in [0.3, 0.4) is 0 Å².